The number of rotatable bonds is 3. The van der Waals surface area contributed by atoms with E-state index in [-0.39, 0.29) is 0 Å². The summed E-state index contributed by atoms with van der Waals surface area (Å²) < 4.78 is 0. The van der Waals surface area contributed by atoms with Crippen LogP contribution in [0.1, 0.15) is 0 Å². The van der Waals surface area contributed by atoms with E-state index in [4.69, 9.17) is 0 Å². The molecule has 8 aromatic rings. The molecule has 0 N–H and O–H groups in total. The van der Waals surface area contributed by atoms with Crippen molar-refractivity contribution in [2.75, 3.05) is 0 Å². The number of hydrogen-bond donors (Lipinski definition) is 0. The summed E-state index contributed by atoms with van der Waals surface area (Å²) in [5.41, 5.74) is 5.72. The monoisotopic (exact) mass is 596 g/mol. The number of nitrogens with zero attached hydrogens (tertiary/aromatic N) is 2. The molecule has 1 aliphatic heterocycles. The molecule has 0 fully saturated rings. The topological polar surface area (TPSA) is 25.8 Å². The zero-order valence-corrected chi connectivity index (χ0v) is 25.2. The van der Waals surface area contributed by atoms with E-state index in [1.54, 1.807) is 0 Å². The van der Waals surface area contributed by atoms with Crippen molar-refractivity contribution >= 4 is 55.8 Å². The van der Waals surface area contributed by atoms with E-state index in [2.05, 4.69) is 137 Å². The molecule has 0 radical (unpaired) electrons. The van der Waals surface area contributed by atoms with Crippen LogP contribution in [0.3, 0.4) is 0 Å². The Balaban J connectivity index is 1.27. The number of fused-ring (bicyclic) bond motifs is 8. The average molecular weight is 597 g/mol. The minimum atomic E-state index is 0.727. The molecule has 4 heteroatoms. The van der Waals surface area contributed by atoms with Gasteiger partial charge in [-0.05, 0) is 103 Å². The van der Waals surface area contributed by atoms with Crippen molar-refractivity contribution in [3.8, 4) is 33.6 Å². The van der Waals surface area contributed by atoms with Gasteiger partial charge in [0.1, 0.15) is 0 Å². The molecule has 0 unspecified atom stereocenters. The molecule has 1 aliphatic rings. The van der Waals surface area contributed by atoms with E-state index in [0.717, 1.165) is 22.5 Å². The Labute approximate surface area is 263 Å². The van der Waals surface area contributed by atoms with E-state index in [1.165, 1.54) is 63.0 Å². The largest absolute Gasteiger partial charge is 0.237 e. The first-order chi connectivity index (χ1) is 21.8. The standard InChI is InChI=1S/C40H24N2S2/c1-2-11-32-30(9-1)31-10-3-4-12-33(31)35-24-25(17-18-34(32)35)26-21-27(23-28(22-26)40-41-19-8-20-42-40)29-13-7-16-38-39(29)44-37-15-6-5-14-36(37)43-38/h1-24H. The molecular weight excluding hydrogens is 573 g/mol. The van der Waals surface area contributed by atoms with Gasteiger partial charge in [0, 0.05) is 37.5 Å². The highest BCUT2D eigenvalue weighted by Crippen LogP contribution is 2.52. The molecule has 44 heavy (non-hydrogen) atoms. The number of aromatic nitrogens is 2. The lowest BCUT2D eigenvalue weighted by atomic mass is 9.90. The second-order valence-corrected chi connectivity index (χ2v) is 13.1. The lowest BCUT2D eigenvalue weighted by Gasteiger charge is -2.21. The van der Waals surface area contributed by atoms with Crippen molar-refractivity contribution in [1.29, 1.82) is 0 Å². The van der Waals surface area contributed by atoms with Gasteiger partial charge in [-0.3, -0.25) is 0 Å². The average Bonchev–Trinajstić information content (AvgIpc) is 3.10. The van der Waals surface area contributed by atoms with E-state index >= 15 is 0 Å². The maximum absolute atomic E-state index is 4.64. The van der Waals surface area contributed by atoms with E-state index < -0.39 is 0 Å². The van der Waals surface area contributed by atoms with Crippen LogP contribution in [0.2, 0.25) is 0 Å². The van der Waals surface area contributed by atoms with Crippen LogP contribution in [0, 0.1) is 0 Å². The van der Waals surface area contributed by atoms with Gasteiger partial charge < -0.3 is 0 Å². The summed E-state index contributed by atoms with van der Waals surface area (Å²) in [4.78, 5) is 14.5. The summed E-state index contributed by atoms with van der Waals surface area (Å²) in [5, 5.41) is 7.67. The van der Waals surface area contributed by atoms with Crippen LogP contribution < -0.4 is 0 Å². The second kappa shape index (κ2) is 10.4. The van der Waals surface area contributed by atoms with E-state index in [9.17, 15) is 0 Å². The van der Waals surface area contributed by atoms with Crippen LogP contribution in [0.5, 0.6) is 0 Å². The van der Waals surface area contributed by atoms with Crippen LogP contribution in [-0.4, -0.2) is 9.97 Å². The molecule has 0 spiro atoms. The molecule has 0 saturated carbocycles. The van der Waals surface area contributed by atoms with Crippen molar-refractivity contribution in [1.82, 2.24) is 9.97 Å². The van der Waals surface area contributed by atoms with Crippen LogP contribution in [0.4, 0.5) is 0 Å². The van der Waals surface area contributed by atoms with Gasteiger partial charge >= 0.3 is 0 Å². The molecule has 0 atom stereocenters. The molecule has 2 nitrogen and oxygen atoms in total. The summed E-state index contributed by atoms with van der Waals surface area (Å²) in [7, 11) is 0. The third-order valence-corrected chi connectivity index (χ3v) is 11.0. The Bertz CT molecular complexity index is 2360. The summed E-state index contributed by atoms with van der Waals surface area (Å²) in [6, 6.07) is 48.4. The lowest BCUT2D eigenvalue weighted by molar-refractivity contribution is 1.16. The summed E-state index contributed by atoms with van der Waals surface area (Å²) in [6.45, 7) is 0. The molecular formula is C40H24N2S2. The third-order valence-electron chi connectivity index (χ3n) is 8.41. The molecule has 206 valence electrons. The zero-order valence-electron chi connectivity index (χ0n) is 23.6. The van der Waals surface area contributed by atoms with E-state index in [0.29, 0.717) is 0 Å². The zero-order chi connectivity index (χ0) is 29.0. The second-order valence-electron chi connectivity index (χ2n) is 11.0. The lowest BCUT2D eigenvalue weighted by Crippen LogP contribution is -1.94. The van der Waals surface area contributed by atoms with E-state index in [1.807, 2.05) is 42.0 Å². The summed E-state index contributed by atoms with van der Waals surface area (Å²) in [6.07, 6.45) is 3.63. The van der Waals surface area contributed by atoms with Gasteiger partial charge in [-0.15, -0.1) is 0 Å². The van der Waals surface area contributed by atoms with Gasteiger partial charge in [-0.2, -0.15) is 0 Å². The van der Waals surface area contributed by atoms with Gasteiger partial charge in [-0.25, -0.2) is 9.97 Å². The predicted molar refractivity (Wildman–Crippen MR) is 186 cm³/mol. The maximum atomic E-state index is 4.64. The fourth-order valence-corrected chi connectivity index (χ4v) is 8.79. The number of benzene rings is 7. The van der Waals surface area contributed by atoms with Crippen molar-refractivity contribution in [2.45, 2.75) is 19.6 Å². The van der Waals surface area contributed by atoms with Crippen molar-refractivity contribution < 1.29 is 0 Å². The number of hydrogen-bond acceptors (Lipinski definition) is 4. The van der Waals surface area contributed by atoms with Gasteiger partial charge in [0.15, 0.2) is 5.82 Å². The smallest absolute Gasteiger partial charge is 0.159 e. The molecule has 1 aromatic heterocycles. The Morgan fingerprint density at radius 2 is 0.932 bits per heavy atom. The third kappa shape index (κ3) is 4.22. The fraction of sp³-hybridized carbons (Fsp3) is 0. The highest BCUT2D eigenvalue weighted by Gasteiger charge is 2.21. The first-order valence-corrected chi connectivity index (χ1v) is 16.3. The summed E-state index contributed by atoms with van der Waals surface area (Å²) in [5.74, 6) is 0.727. The maximum Gasteiger partial charge on any atom is 0.159 e. The van der Waals surface area contributed by atoms with Crippen LogP contribution in [-0.2, 0) is 0 Å². The van der Waals surface area contributed by atoms with Crippen LogP contribution in [0.25, 0.3) is 66.0 Å². The molecule has 7 aromatic carbocycles. The van der Waals surface area contributed by atoms with Crippen molar-refractivity contribution in [3.63, 3.8) is 0 Å². The Kier molecular flexibility index (Phi) is 6.03. The fourth-order valence-electron chi connectivity index (χ4n) is 6.39. The van der Waals surface area contributed by atoms with Crippen LogP contribution >= 0.6 is 23.5 Å². The Morgan fingerprint density at radius 3 is 1.66 bits per heavy atom. The van der Waals surface area contributed by atoms with Crippen molar-refractivity contribution in [3.05, 3.63) is 146 Å². The first-order valence-electron chi connectivity index (χ1n) is 14.6. The highest BCUT2D eigenvalue weighted by atomic mass is 32.2. The van der Waals surface area contributed by atoms with Gasteiger partial charge in [0.2, 0.25) is 0 Å². The molecule has 0 saturated heterocycles. The molecule has 0 bridgehead atoms. The first kappa shape index (κ1) is 25.6. The molecule has 9 rings (SSSR count). The SMILES string of the molecule is c1cnc(-c2cc(-c3ccc4c5ccccc5c5ccccc5c4c3)cc(-c3cccc4c3Sc3ccccc3S4)c2)nc1. The molecule has 0 aliphatic carbocycles. The quantitative estimate of drug-likeness (QED) is 0.190. The minimum absolute atomic E-state index is 0.727. The normalized spacial score (nSPS) is 12.4. The molecule has 2 heterocycles. The highest BCUT2D eigenvalue weighted by molar-refractivity contribution is 8.05. The molecule has 0 amide bonds. The van der Waals surface area contributed by atoms with Crippen LogP contribution in [0.15, 0.2) is 165 Å². The Hall–Kier alpha value is -4.90. The minimum Gasteiger partial charge on any atom is -0.237 e. The predicted octanol–water partition coefficient (Wildman–Crippen LogP) is 11.6. The van der Waals surface area contributed by atoms with Gasteiger partial charge in [0.05, 0.1) is 0 Å². The Morgan fingerprint density at radius 1 is 0.364 bits per heavy atom. The van der Waals surface area contributed by atoms with Gasteiger partial charge in [-0.1, -0.05) is 108 Å². The summed E-state index contributed by atoms with van der Waals surface area (Å²) >= 11 is 3.71. The van der Waals surface area contributed by atoms with Gasteiger partial charge in [0.25, 0.3) is 0 Å². The van der Waals surface area contributed by atoms with Crippen molar-refractivity contribution in [2.24, 2.45) is 0 Å².